The highest BCUT2D eigenvalue weighted by Gasteiger charge is 2.21. The lowest BCUT2D eigenvalue weighted by atomic mass is 10.0. The Bertz CT molecular complexity index is 658. The molecule has 134 valence electrons. The molecule has 2 N–H and O–H groups in total. The lowest BCUT2D eigenvalue weighted by Crippen LogP contribution is -2.39. The van der Waals surface area contributed by atoms with Crippen LogP contribution in [0.25, 0.3) is 0 Å². The zero-order valence-electron chi connectivity index (χ0n) is 15.2. The maximum atomic E-state index is 12.7. The third kappa shape index (κ3) is 5.61. The molecule has 2 aromatic carbocycles. The quantitative estimate of drug-likeness (QED) is 0.761. The van der Waals surface area contributed by atoms with Gasteiger partial charge in [-0.3, -0.25) is 4.79 Å². The first-order valence-electron chi connectivity index (χ1n) is 8.81. The van der Waals surface area contributed by atoms with Crippen LogP contribution in [-0.2, 0) is 17.8 Å². The number of methoxy groups -OCH3 is 1. The number of nitrogens with two attached hydrogens (primary N) is 1. The van der Waals surface area contributed by atoms with Crippen LogP contribution in [0.2, 0.25) is 0 Å². The van der Waals surface area contributed by atoms with E-state index in [2.05, 4.69) is 25.1 Å². The summed E-state index contributed by atoms with van der Waals surface area (Å²) >= 11 is 0. The van der Waals surface area contributed by atoms with Crippen molar-refractivity contribution in [1.29, 1.82) is 0 Å². The highest BCUT2D eigenvalue weighted by Crippen LogP contribution is 2.22. The summed E-state index contributed by atoms with van der Waals surface area (Å²) in [5.74, 6) is 1.01. The van der Waals surface area contributed by atoms with E-state index in [1.54, 1.807) is 7.11 Å². The lowest BCUT2D eigenvalue weighted by molar-refractivity contribution is -0.134. The summed E-state index contributed by atoms with van der Waals surface area (Å²) in [4.78, 5) is 14.7. The van der Waals surface area contributed by atoms with Gasteiger partial charge in [-0.05, 0) is 43.5 Å². The molecule has 0 heterocycles. The SMILES string of the molecule is COc1ccccc1CC(C)N(Cc1ccccc1)C(=O)CCCN. The summed E-state index contributed by atoms with van der Waals surface area (Å²) in [5.41, 5.74) is 7.83. The van der Waals surface area contributed by atoms with E-state index in [0.717, 1.165) is 23.3 Å². The topological polar surface area (TPSA) is 55.6 Å². The molecule has 4 nitrogen and oxygen atoms in total. The Hall–Kier alpha value is -2.33. The molecule has 1 unspecified atom stereocenters. The molecule has 4 heteroatoms. The molecule has 1 atom stereocenters. The number of hydrogen-bond donors (Lipinski definition) is 1. The zero-order valence-corrected chi connectivity index (χ0v) is 15.2. The number of carbonyl (C=O) groups excluding carboxylic acids is 1. The molecule has 0 bridgehead atoms. The third-order valence-electron chi connectivity index (χ3n) is 4.35. The van der Waals surface area contributed by atoms with Gasteiger partial charge in [0.25, 0.3) is 0 Å². The largest absolute Gasteiger partial charge is 0.496 e. The second kappa shape index (κ2) is 9.84. The number of carbonyl (C=O) groups is 1. The number of para-hydroxylation sites is 1. The molecule has 0 saturated heterocycles. The van der Waals surface area contributed by atoms with Gasteiger partial charge in [-0.15, -0.1) is 0 Å². The Balaban J connectivity index is 2.16. The fourth-order valence-electron chi connectivity index (χ4n) is 2.97. The van der Waals surface area contributed by atoms with Gasteiger partial charge in [-0.2, -0.15) is 0 Å². The van der Waals surface area contributed by atoms with E-state index in [-0.39, 0.29) is 11.9 Å². The first-order chi connectivity index (χ1) is 12.2. The molecule has 25 heavy (non-hydrogen) atoms. The summed E-state index contributed by atoms with van der Waals surface area (Å²) in [5, 5.41) is 0. The Morgan fingerprint density at radius 3 is 2.48 bits per heavy atom. The molecule has 0 aromatic heterocycles. The molecule has 0 aliphatic heterocycles. The molecule has 0 aliphatic carbocycles. The number of nitrogens with zero attached hydrogens (tertiary/aromatic N) is 1. The maximum Gasteiger partial charge on any atom is 0.223 e. The predicted octanol–water partition coefficient (Wildman–Crippen LogP) is 3.39. The summed E-state index contributed by atoms with van der Waals surface area (Å²) in [6.07, 6.45) is 1.95. The molecule has 0 radical (unpaired) electrons. The minimum Gasteiger partial charge on any atom is -0.496 e. The normalized spacial score (nSPS) is 11.8. The van der Waals surface area contributed by atoms with Crippen LogP contribution in [0.3, 0.4) is 0 Å². The van der Waals surface area contributed by atoms with E-state index in [1.807, 2.05) is 41.3 Å². The summed E-state index contributed by atoms with van der Waals surface area (Å²) in [7, 11) is 1.68. The number of ether oxygens (including phenoxy) is 1. The summed E-state index contributed by atoms with van der Waals surface area (Å²) in [6.45, 7) is 3.24. The van der Waals surface area contributed by atoms with Crippen molar-refractivity contribution < 1.29 is 9.53 Å². The maximum absolute atomic E-state index is 12.7. The van der Waals surface area contributed by atoms with Gasteiger partial charge in [0.2, 0.25) is 5.91 Å². The number of amides is 1. The van der Waals surface area contributed by atoms with Crippen LogP contribution in [0, 0.1) is 0 Å². The Labute approximate surface area is 150 Å². The Morgan fingerprint density at radius 1 is 1.12 bits per heavy atom. The number of hydrogen-bond acceptors (Lipinski definition) is 3. The molecule has 1 amide bonds. The molecule has 0 fully saturated rings. The zero-order chi connectivity index (χ0) is 18.1. The molecule has 0 aliphatic rings. The Morgan fingerprint density at radius 2 is 1.80 bits per heavy atom. The van der Waals surface area contributed by atoms with Crippen molar-refractivity contribution in [2.45, 2.75) is 38.8 Å². The van der Waals surface area contributed by atoms with Gasteiger partial charge in [-0.25, -0.2) is 0 Å². The van der Waals surface area contributed by atoms with Gasteiger partial charge in [0, 0.05) is 19.0 Å². The van der Waals surface area contributed by atoms with Gasteiger partial charge >= 0.3 is 0 Å². The fraction of sp³-hybridized carbons (Fsp3) is 0.381. The van der Waals surface area contributed by atoms with Crippen LogP contribution >= 0.6 is 0 Å². The Kier molecular flexibility index (Phi) is 7.48. The van der Waals surface area contributed by atoms with Gasteiger partial charge < -0.3 is 15.4 Å². The van der Waals surface area contributed by atoms with Crippen LogP contribution < -0.4 is 10.5 Å². The number of benzene rings is 2. The summed E-state index contributed by atoms with van der Waals surface area (Å²) in [6, 6.07) is 18.2. The molecular weight excluding hydrogens is 312 g/mol. The molecule has 0 spiro atoms. The van der Waals surface area contributed by atoms with Crippen LogP contribution in [0.4, 0.5) is 0 Å². The molecule has 2 aromatic rings. The van der Waals surface area contributed by atoms with Gasteiger partial charge in [0.05, 0.1) is 7.11 Å². The fourth-order valence-corrected chi connectivity index (χ4v) is 2.97. The smallest absolute Gasteiger partial charge is 0.223 e. The number of rotatable bonds is 9. The lowest BCUT2D eigenvalue weighted by Gasteiger charge is -2.30. The van der Waals surface area contributed by atoms with Crippen molar-refractivity contribution >= 4 is 5.91 Å². The van der Waals surface area contributed by atoms with Crippen LogP contribution in [-0.4, -0.2) is 30.5 Å². The minimum atomic E-state index is 0.0711. The first-order valence-corrected chi connectivity index (χ1v) is 8.81. The van der Waals surface area contributed by atoms with E-state index in [0.29, 0.717) is 25.9 Å². The average Bonchev–Trinajstić information content (AvgIpc) is 2.65. The van der Waals surface area contributed by atoms with E-state index < -0.39 is 0 Å². The second-order valence-corrected chi connectivity index (χ2v) is 6.26. The first kappa shape index (κ1) is 19.0. The summed E-state index contributed by atoms with van der Waals surface area (Å²) < 4.78 is 5.45. The molecular formula is C21H28N2O2. The van der Waals surface area contributed by atoms with E-state index in [4.69, 9.17) is 10.5 Å². The van der Waals surface area contributed by atoms with Crippen molar-refractivity contribution in [2.75, 3.05) is 13.7 Å². The highest BCUT2D eigenvalue weighted by molar-refractivity contribution is 5.76. The van der Waals surface area contributed by atoms with E-state index in [9.17, 15) is 4.79 Å². The van der Waals surface area contributed by atoms with E-state index in [1.165, 1.54) is 0 Å². The standard InChI is InChI=1S/C21H28N2O2/c1-17(15-19-11-6-7-12-20(19)25-2)23(21(24)13-8-14-22)16-18-9-4-3-5-10-18/h3-7,9-12,17H,8,13-16,22H2,1-2H3. The monoisotopic (exact) mass is 340 g/mol. The van der Waals surface area contributed by atoms with Crippen molar-refractivity contribution in [3.63, 3.8) is 0 Å². The second-order valence-electron chi connectivity index (χ2n) is 6.26. The third-order valence-corrected chi connectivity index (χ3v) is 4.35. The van der Waals surface area contributed by atoms with Crippen LogP contribution in [0.5, 0.6) is 5.75 Å². The van der Waals surface area contributed by atoms with Crippen molar-refractivity contribution in [3.8, 4) is 5.75 Å². The minimum absolute atomic E-state index is 0.0711. The van der Waals surface area contributed by atoms with Gasteiger partial charge in [0.15, 0.2) is 0 Å². The average molecular weight is 340 g/mol. The van der Waals surface area contributed by atoms with Crippen LogP contribution in [0.1, 0.15) is 30.9 Å². The highest BCUT2D eigenvalue weighted by atomic mass is 16.5. The van der Waals surface area contributed by atoms with Gasteiger partial charge in [0.1, 0.15) is 5.75 Å². The van der Waals surface area contributed by atoms with Gasteiger partial charge in [-0.1, -0.05) is 48.5 Å². The van der Waals surface area contributed by atoms with E-state index >= 15 is 0 Å². The van der Waals surface area contributed by atoms with Crippen LogP contribution in [0.15, 0.2) is 54.6 Å². The van der Waals surface area contributed by atoms with Crippen molar-refractivity contribution in [1.82, 2.24) is 4.90 Å². The predicted molar refractivity (Wildman–Crippen MR) is 101 cm³/mol. The van der Waals surface area contributed by atoms with Crippen molar-refractivity contribution in [3.05, 3.63) is 65.7 Å². The molecule has 2 rings (SSSR count). The van der Waals surface area contributed by atoms with Crippen molar-refractivity contribution in [2.24, 2.45) is 5.73 Å². The molecule has 0 saturated carbocycles.